The minimum absolute atomic E-state index is 0.0902. The maximum atomic E-state index is 14.6. The van der Waals surface area contributed by atoms with E-state index in [-0.39, 0.29) is 11.9 Å². The molecule has 0 bridgehead atoms. The fourth-order valence-electron chi connectivity index (χ4n) is 3.90. The number of hydrogen-bond donors (Lipinski definition) is 1. The Morgan fingerprint density at radius 2 is 2.12 bits per heavy atom. The molecule has 2 unspecified atom stereocenters. The van der Waals surface area contributed by atoms with E-state index in [4.69, 9.17) is 9.47 Å². The van der Waals surface area contributed by atoms with Crippen LogP contribution in [0.1, 0.15) is 53.1 Å². The van der Waals surface area contributed by atoms with E-state index < -0.39 is 11.9 Å². The highest BCUT2D eigenvalue weighted by Gasteiger charge is 2.47. The Balaban J connectivity index is 1.68. The standard InChI is InChI=1S/C20H23FO3S/c1-3-16-4-5-17(25-16)7-13-8-18-14(9-19(13)21)11-23-20(18)10-15(22)6-12(2)24-20/h4-5,8-9,12,15,22H,3,6-7,10-11H2,1-2H3/t12?,15?,20-/m1/s1. The molecule has 5 heteroatoms. The highest BCUT2D eigenvalue weighted by atomic mass is 32.1. The monoisotopic (exact) mass is 362 g/mol. The first-order valence-electron chi connectivity index (χ1n) is 8.88. The van der Waals surface area contributed by atoms with Crippen molar-refractivity contribution in [3.63, 3.8) is 0 Å². The summed E-state index contributed by atoms with van der Waals surface area (Å²) in [5.41, 5.74) is 2.36. The van der Waals surface area contributed by atoms with Gasteiger partial charge >= 0.3 is 0 Å². The Labute approximate surface area is 151 Å². The molecule has 1 aromatic heterocycles. The first-order valence-corrected chi connectivity index (χ1v) is 9.70. The van der Waals surface area contributed by atoms with Crippen LogP contribution in [-0.2, 0) is 34.7 Å². The molecule has 25 heavy (non-hydrogen) atoms. The van der Waals surface area contributed by atoms with Crippen LogP contribution in [0.15, 0.2) is 24.3 Å². The van der Waals surface area contributed by atoms with Gasteiger partial charge in [-0.25, -0.2) is 4.39 Å². The number of ether oxygens (including phenoxy) is 2. The normalized spacial score (nSPS) is 28.5. The molecule has 0 radical (unpaired) electrons. The van der Waals surface area contributed by atoms with Crippen molar-refractivity contribution < 1.29 is 19.0 Å². The zero-order valence-corrected chi connectivity index (χ0v) is 15.4. The lowest BCUT2D eigenvalue weighted by Crippen LogP contribution is -2.43. The molecule has 4 rings (SSSR count). The van der Waals surface area contributed by atoms with Crippen LogP contribution in [0.5, 0.6) is 0 Å². The van der Waals surface area contributed by atoms with E-state index >= 15 is 0 Å². The fourth-order valence-corrected chi connectivity index (χ4v) is 4.88. The van der Waals surface area contributed by atoms with Gasteiger partial charge in [-0.05, 0) is 55.2 Å². The smallest absolute Gasteiger partial charge is 0.198 e. The topological polar surface area (TPSA) is 38.7 Å². The summed E-state index contributed by atoms with van der Waals surface area (Å²) < 4.78 is 26.6. The molecule has 3 atom stereocenters. The molecule has 1 fully saturated rings. The molecule has 134 valence electrons. The van der Waals surface area contributed by atoms with Crippen LogP contribution in [-0.4, -0.2) is 17.3 Å². The molecule has 1 saturated heterocycles. The van der Waals surface area contributed by atoms with E-state index in [0.717, 1.165) is 22.4 Å². The SMILES string of the molecule is CCc1ccc(Cc2cc3c(cc2F)CO[C@@]32CC(O)CC(C)O2)s1. The number of hydrogen-bond acceptors (Lipinski definition) is 4. The molecular weight excluding hydrogens is 339 g/mol. The lowest BCUT2D eigenvalue weighted by molar-refractivity contribution is -0.295. The lowest BCUT2D eigenvalue weighted by atomic mass is 9.90. The second-order valence-corrected chi connectivity index (χ2v) is 8.32. The molecule has 2 aliphatic heterocycles. The zero-order chi connectivity index (χ0) is 17.6. The van der Waals surface area contributed by atoms with E-state index in [1.165, 1.54) is 4.88 Å². The first-order chi connectivity index (χ1) is 12.0. The third-order valence-corrected chi connectivity index (χ3v) is 6.30. The summed E-state index contributed by atoms with van der Waals surface area (Å²) in [6, 6.07) is 7.64. The summed E-state index contributed by atoms with van der Waals surface area (Å²) in [5, 5.41) is 10.2. The van der Waals surface area contributed by atoms with Gasteiger partial charge in [-0.2, -0.15) is 0 Å². The molecule has 1 spiro atoms. The van der Waals surface area contributed by atoms with Crippen molar-refractivity contribution in [2.24, 2.45) is 0 Å². The van der Waals surface area contributed by atoms with Gasteiger partial charge in [0.25, 0.3) is 0 Å². The summed E-state index contributed by atoms with van der Waals surface area (Å²) in [6.07, 6.45) is 2.01. The Bertz CT molecular complexity index is 775. The van der Waals surface area contributed by atoms with E-state index in [2.05, 4.69) is 19.1 Å². The predicted octanol–water partition coefficient (Wildman–Crippen LogP) is 4.28. The van der Waals surface area contributed by atoms with Crippen molar-refractivity contribution in [2.75, 3.05) is 0 Å². The summed E-state index contributed by atoms with van der Waals surface area (Å²) in [5.74, 6) is -1.13. The van der Waals surface area contributed by atoms with Crippen molar-refractivity contribution in [1.82, 2.24) is 0 Å². The maximum Gasteiger partial charge on any atom is 0.198 e. The van der Waals surface area contributed by atoms with Crippen LogP contribution in [0.4, 0.5) is 4.39 Å². The van der Waals surface area contributed by atoms with Gasteiger partial charge in [-0.15, -0.1) is 11.3 Å². The number of rotatable bonds is 3. The Morgan fingerprint density at radius 3 is 2.84 bits per heavy atom. The number of halogens is 1. The van der Waals surface area contributed by atoms with Crippen LogP contribution < -0.4 is 0 Å². The van der Waals surface area contributed by atoms with E-state index in [1.54, 1.807) is 17.4 Å². The van der Waals surface area contributed by atoms with Gasteiger partial charge in [0, 0.05) is 28.2 Å². The maximum absolute atomic E-state index is 14.6. The van der Waals surface area contributed by atoms with Gasteiger partial charge in [-0.3, -0.25) is 0 Å². The third-order valence-electron chi connectivity index (χ3n) is 5.07. The summed E-state index contributed by atoms with van der Waals surface area (Å²) >= 11 is 1.73. The lowest BCUT2D eigenvalue weighted by Gasteiger charge is -2.39. The predicted molar refractivity (Wildman–Crippen MR) is 95.2 cm³/mol. The van der Waals surface area contributed by atoms with Gasteiger partial charge in [0.1, 0.15) is 5.82 Å². The van der Waals surface area contributed by atoms with Crippen molar-refractivity contribution in [3.8, 4) is 0 Å². The average molecular weight is 362 g/mol. The summed E-state index contributed by atoms with van der Waals surface area (Å²) in [7, 11) is 0. The number of fused-ring (bicyclic) bond motifs is 2. The van der Waals surface area contributed by atoms with E-state index in [9.17, 15) is 9.50 Å². The molecule has 1 N–H and O–H groups in total. The third kappa shape index (κ3) is 3.14. The van der Waals surface area contributed by atoms with Crippen LogP contribution in [0.3, 0.4) is 0 Å². The number of thiophene rings is 1. The highest BCUT2D eigenvalue weighted by molar-refractivity contribution is 7.12. The van der Waals surface area contributed by atoms with Crippen molar-refractivity contribution >= 4 is 11.3 Å². The first kappa shape index (κ1) is 17.2. The quantitative estimate of drug-likeness (QED) is 0.886. The van der Waals surface area contributed by atoms with Gasteiger partial charge in [-0.1, -0.05) is 6.92 Å². The molecule has 3 nitrogen and oxygen atoms in total. The van der Waals surface area contributed by atoms with E-state index in [0.29, 0.717) is 31.4 Å². The number of benzene rings is 1. The number of aliphatic hydroxyl groups is 1. The molecule has 2 aromatic rings. The van der Waals surface area contributed by atoms with Gasteiger partial charge in [0.2, 0.25) is 0 Å². The molecular formula is C20H23FO3S. The van der Waals surface area contributed by atoms with Crippen LogP contribution in [0.2, 0.25) is 0 Å². The molecule has 0 saturated carbocycles. The second-order valence-electron chi connectivity index (χ2n) is 7.06. The fraction of sp³-hybridized carbons (Fsp3) is 0.500. The van der Waals surface area contributed by atoms with Crippen molar-refractivity contribution in [1.29, 1.82) is 0 Å². The van der Waals surface area contributed by atoms with Gasteiger partial charge in [0.15, 0.2) is 5.79 Å². The number of aliphatic hydroxyl groups excluding tert-OH is 1. The Kier molecular flexibility index (Phi) is 4.44. The molecule has 2 aliphatic rings. The van der Waals surface area contributed by atoms with Gasteiger partial charge in [0.05, 0.1) is 18.8 Å². The Morgan fingerprint density at radius 1 is 1.32 bits per heavy atom. The van der Waals surface area contributed by atoms with Crippen molar-refractivity contribution in [3.05, 3.63) is 56.5 Å². The minimum Gasteiger partial charge on any atom is -0.393 e. The van der Waals surface area contributed by atoms with Crippen LogP contribution in [0.25, 0.3) is 0 Å². The molecule has 0 aliphatic carbocycles. The van der Waals surface area contributed by atoms with Crippen LogP contribution >= 0.6 is 11.3 Å². The minimum atomic E-state index is -0.932. The highest BCUT2D eigenvalue weighted by Crippen LogP contribution is 2.46. The van der Waals surface area contributed by atoms with E-state index in [1.807, 2.05) is 13.0 Å². The van der Waals surface area contributed by atoms with Crippen molar-refractivity contribution in [2.45, 2.75) is 64.1 Å². The summed E-state index contributed by atoms with van der Waals surface area (Å²) in [6.45, 7) is 4.39. The number of aryl methyl sites for hydroxylation is 1. The molecule has 3 heterocycles. The molecule has 0 amide bonds. The Hall–Kier alpha value is -1.27. The second kappa shape index (κ2) is 6.47. The largest absolute Gasteiger partial charge is 0.393 e. The average Bonchev–Trinajstić information content (AvgIpc) is 3.13. The molecule has 1 aromatic carbocycles. The van der Waals surface area contributed by atoms with Gasteiger partial charge < -0.3 is 14.6 Å². The summed E-state index contributed by atoms with van der Waals surface area (Å²) in [4.78, 5) is 2.46. The van der Waals surface area contributed by atoms with Crippen LogP contribution in [0, 0.1) is 5.82 Å². The zero-order valence-electron chi connectivity index (χ0n) is 14.5.